The average Bonchev–Trinajstić information content (AvgIpc) is 2.84. The molecular weight excluding hydrogens is 276 g/mol. The van der Waals surface area contributed by atoms with Crippen LogP contribution in [0.2, 0.25) is 0 Å². The van der Waals surface area contributed by atoms with Crippen LogP contribution in [-0.2, 0) is 17.6 Å². The molecule has 2 atom stereocenters. The van der Waals surface area contributed by atoms with Gasteiger partial charge in [0.25, 0.3) is 0 Å². The maximum atomic E-state index is 11.6. The van der Waals surface area contributed by atoms with Crippen molar-refractivity contribution in [1.29, 1.82) is 0 Å². The van der Waals surface area contributed by atoms with Gasteiger partial charge >= 0.3 is 0 Å². The first kappa shape index (κ1) is 15.3. The van der Waals surface area contributed by atoms with E-state index < -0.39 is 0 Å². The third-order valence-electron chi connectivity index (χ3n) is 4.96. The number of carbonyl (C=O) groups excluding carboxylic acids is 1. The first-order valence-corrected chi connectivity index (χ1v) is 8.51. The Labute approximate surface area is 132 Å². The number of nitrogens with two attached hydrogens (primary N) is 1. The molecule has 3 rings (SSSR count). The van der Waals surface area contributed by atoms with Crippen LogP contribution in [0.4, 0.5) is 0 Å². The molecule has 1 fully saturated rings. The van der Waals surface area contributed by atoms with E-state index in [-0.39, 0.29) is 17.9 Å². The molecule has 4 heteroatoms. The molecule has 0 bridgehead atoms. The standard InChI is InChI=1S/C18H26N2O2/c19-18(21)15-4-2-1-3-5-16(15)20-10-8-13-6-7-17-14(12-13)9-11-22-17/h6-7,12,15-16,20H,1-5,8-11H2,(H2,19,21)/t15-,16-/m0/s1. The minimum atomic E-state index is -0.144. The lowest BCUT2D eigenvalue weighted by Crippen LogP contribution is -2.42. The average molecular weight is 302 g/mol. The van der Waals surface area contributed by atoms with E-state index in [4.69, 9.17) is 10.5 Å². The van der Waals surface area contributed by atoms with Crippen molar-refractivity contribution in [3.63, 3.8) is 0 Å². The van der Waals surface area contributed by atoms with Crippen LogP contribution in [0.3, 0.4) is 0 Å². The van der Waals surface area contributed by atoms with Crippen molar-refractivity contribution in [2.45, 2.75) is 51.0 Å². The van der Waals surface area contributed by atoms with Gasteiger partial charge in [-0.05, 0) is 43.0 Å². The Morgan fingerprint density at radius 1 is 1.27 bits per heavy atom. The van der Waals surface area contributed by atoms with Gasteiger partial charge in [-0.1, -0.05) is 31.4 Å². The molecule has 22 heavy (non-hydrogen) atoms. The van der Waals surface area contributed by atoms with E-state index in [1.807, 2.05) is 0 Å². The molecule has 0 spiro atoms. The predicted molar refractivity (Wildman–Crippen MR) is 86.9 cm³/mol. The second-order valence-electron chi connectivity index (χ2n) is 6.50. The molecule has 3 N–H and O–H groups in total. The number of primary amides is 1. The van der Waals surface area contributed by atoms with E-state index in [2.05, 4.69) is 23.5 Å². The van der Waals surface area contributed by atoms with Gasteiger partial charge in [-0.3, -0.25) is 4.79 Å². The summed E-state index contributed by atoms with van der Waals surface area (Å²) in [6.07, 6.45) is 7.52. The van der Waals surface area contributed by atoms with Gasteiger partial charge in [-0.2, -0.15) is 0 Å². The molecule has 0 saturated heterocycles. The fourth-order valence-electron chi connectivity index (χ4n) is 3.69. The molecule has 120 valence electrons. The molecule has 0 unspecified atom stereocenters. The van der Waals surface area contributed by atoms with Crippen molar-refractivity contribution in [2.75, 3.05) is 13.2 Å². The fourth-order valence-corrected chi connectivity index (χ4v) is 3.69. The SMILES string of the molecule is NC(=O)[C@H]1CCCCC[C@@H]1NCCc1ccc2c(c1)CCO2. The lowest BCUT2D eigenvalue weighted by molar-refractivity contribution is -0.122. The summed E-state index contributed by atoms with van der Waals surface area (Å²) in [6, 6.07) is 6.72. The normalized spacial score (nSPS) is 24.4. The van der Waals surface area contributed by atoms with Gasteiger partial charge in [0.05, 0.1) is 12.5 Å². The van der Waals surface area contributed by atoms with E-state index >= 15 is 0 Å². The molecule has 4 nitrogen and oxygen atoms in total. The smallest absolute Gasteiger partial charge is 0.222 e. The zero-order valence-corrected chi connectivity index (χ0v) is 13.1. The predicted octanol–water partition coefficient (Wildman–Crippen LogP) is 2.19. The second-order valence-corrected chi connectivity index (χ2v) is 6.50. The van der Waals surface area contributed by atoms with Crippen molar-refractivity contribution in [2.24, 2.45) is 11.7 Å². The Balaban J connectivity index is 1.54. The van der Waals surface area contributed by atoms with Gasteiger partial charge in [0.1, 0.15) is 5.75 Å². The Kier molecular flexibility index (Phi) is 4.98. The lowest BCUT2D eigenvalue weighted by atomic mass is 9.94. The van der Waals surface area contributed by atoms with Crippen LogP contribution in [0.15, 0.2) is 18.2 Å². The van der Waals surface area contributed by atoms with Gasteiger partial charge in [0, 0.05) is 12.5 Å². The van der Waals surface area contributed by atoms with E-state index in [1.165, 1.54) is 24.0 Å². The van der Waals surface area contributed by atoms with Crippen LogP contribution in [0.5, 0.6) is 5.75 Å². The molecule has 1 amide bonds. The number of amides is 1. The number of carbonyl (C=O) groups is 1. The Bertz CT molecular complexity index is 530. The summed E-state index contributed by atoms with van der Waals surface area (Å²) in [7, 11) is 0. The molecule has 1 aromatic carbocycles. The van der Waals surface area contributed by atoms with Crippen molar-refractivity contribution in [1.82, 2.24) is 5.32 Å². The maximum Gasteiger partial charge on any atom is 0.222 e. The fraction of sp³-hybridized carbons (Fsp3) is 0.611. The van der Waals surface area contributed by atoms with Crippen LogP contribution >= 0.6 is 0 Å². The largest absolute Gasteiger partial charge is 0.493 e. The number of hydrogen-bond donors (Lipinski definition) is 2. The quantitative estimate of drug-likeness (QED) is 0.820. The Hall–Kier alpha value is -1.55. The summed E-state index contributed by atoms with van der Waals surface area (Å²) in [5, 5.41) is 3.58. The summed E-state index contributed by atoms with van der Waals surface area (Å²) in [6.45, 7) is 1.70. The zero-order chi connectivity index (χ0) is 15.4. The van der Waals surface area contributed by atoms with Gasteiger partial charge in [-0.25, -0.2) is 0 Å². The number of fused-ring (bicyclic) bond motifs is 1. The van der Waals surface area contributed by atoms with Crippen molar-refractivity contribution < 1.29 is 9.53 Å². The minimum absolute atomic E-state index is 0.00378. The number of ether oxygens (including phenoxy) is 1. The number of benzene rings is 1. The molecule has 0 radical (unpaired) electrons. The van der Waals surface area contributed by atoms with Gasteiger partial charge in [-0.15, -0.1) is 0 Å². The molecule has 1 aliphatic heterocycles. The summed E-state index contributed by atoms with van der Waals surface area (Å²) in [5.74, 6) is 0.888. The number of nitrogens with one attached hydrogen (secondary N) is 1. The summed E-state index contributed by atoms with van der Waals surface area (Å²) in [5.41, 5.74) is 8.23. The van der Waals surface area contributed by atoms with Gasteiger partial charge in [0.2, 0.25) is 5.91 Å². The lowest BCUT2D eigenvalue weighted by Gasteiger charge is -2.23. The van der Waals surface area contributed by atoms with E-state index in [9.17, 15) is 4.79 Å². The molecule has 1 aliphatic carbocycles. The molecule has 0 aromatic heterocycles. The van der Waals surface area contributed by atoms with Gasteiger partial charge in [0.15, 0.2) is 0 Å². The zero-order valence-electron chi connectivity index (χ0n) is 13.1. The van der Waals surface area contributed by atoms with Crippen LogP contribution in [0.1, 0.15) is 43.2 Å². The number of hydrogen-bond acceptors (Lipinski definition) is 3. The van der Waals surface area contributed by atoms with Crippen LogP contribution in [0, 0.1) is 5.92 Å². The molecule has 2 aliphatic rings. The Morgan fingerprint density at radius 3 is 3.00 bits per heavy atom. The molecule has 1 heterocycles. The highest BCUT2D eigenvalue weighted by molar-refractivity contribution is 5.77. The highest BCUT2D eigenvalue weighted by Gasteiger charge is 2.27. The second kappa shape index (κ2) is 7.14. The maximum absolute atomic E-state index is 11.6. The summed E-state index contributed by atoms with van der Waals surface area (Å²) >= 11 is 0. The highest BCUT2D eigenvalue weighted by Crippen LogP contribution is 2.26. The first-order valence-electron chi connectivity index (χ1n) is 8.51. The topological polar surface area (TPSA) is 64.4 Å². The summed E-state index contributed by atoms with van der Waals surface area (Å²) in [4.78, 5) is 11.6. The van der Waals surface area contributed by atoms with E-state index in [0.29, 0.717) is 0 Å². The third kappa shape index (κ3) is 3.61. The minimum Gasteiger partial charge on any atom is -0.493 e. The van der Waals surface area contributed by atoms with Crippen molar-refractivity contribution in [3.8, 4) is 5.75 Å². The van der Waals surface area contributed by atoms with E-state index in [1.54, 1.807) is 0 Å². The van der Waals surface area contributed by atoms with Gasteiger partial charge < -0.3 is 15.8 Å². The number of rotatable bonds is 5. The van der Waals surface area contributed by atoms with Crippen LogP contribution < -0.4 is 15.8 Å². The monoisotopic (exact) mass is 302 g/mol. The van der Waals surface area contributed by atoms with E-state index in [0.717, 1.165) is 51.0 Å². The third-order valence-corrected chi connectivity index (χ3v) is 4.96. The van der Waals surface area contributed by atoms with Crippen molar-refractivity contribution >= 4 is 5.91 Å². The molecule has 1 aromatic rings. The molecule has 1 saturated carbocycles. The van der Waals surface area contributed by atoms with Crippen LogP contribution in [-0.4, -0.2) is 25.1 Å². The first-order chi connectivity index (χ1) is 10.7. The highest BCUT2D eigenvalue weighted by atomic mass is 16.5. The summed E-state index contributed by atoms with van der Waals surface area (Å²) < 4.78 is 5.54. The van der Waals surface area contributed by atoms with Crippen LogP contribution in [0.25, 0.3) is 0 Å². The molecular formula is C18H26N2O2. The Morgan fingerprint density at radius 2 is 2.14 bits per heavy atom. The van der Waals surface area contributed by atoms with Crippen molar-refractivity contribution in [3.05, 3.63) is 29.3 Å².